The normalized spacial score (nSPS) is 15.1. The molecule has 5 aromatic rings. The fourth-order valence-electron chi connectivity index (χ4n) is 4.50. The van der Waals surface area contributed by atoms with Gasteiger partial charge in [-0.2, -0.15) is 5.10 Å². The molecule has 9 heteroatoms. The fraction of sp³-hybridized carbons (Fsp3) is 0.200. The van der Waals surface area contributed by atoms with Gasteiger partial charge >= 0.3 is 0 Å². The molecule has 0 bridgehead atoms. The third-order valence-electron chi connectivity index (χ3n) is 6.18. The lowest BCUT2D eigenvalue weighted by atomic mass is 10.1. The second-order valence-corrected chi connectivity index (χ2v) is 9.31. The zero-order valence-electron chi connectivity index (χ0n) is 18.3. The fourth-order valence-corrected chi connectivity index (χ4v) is 5.63. The molecule has 0 radical (unpaired) electrons. The minimum Gasteiger partial charge on any atom is -0.361 e. The van der Waals surface area contributed by atoms with Gasteiger partial charge in [0, 0.05) is 35.8 Å². The molecule has 0 saturated carbocycles. The molecule has 3 aromatic heterocycles. The molecule has 0 spiro atoms. The Bertz CT molecular complexity index is 1570. The summed E-state index contributed by atoms with van der Waals surface area (Å²) in [6.07, 6.45) is 4.54. The first-order chi connectivity index (χ1) is 16.7. The molecule has 1 aliphatic heterocycles. The molecule has 0 aliphatic carbocycles. The number of rotatable bonds is 6. The third kappa shape index (κ3) is 3.58. The summed E-state index contributed by atoms with van der Waals surface area (Å²) in [6.45, 7) is 0.545. The number of nitrogens with zero attached hydrogens (tertiary/aromatic N) is 4. The number of H-pyrrole nitrogens is 1. The van der Waals surface area contributed by atoms with Gasteiger partial charge < -0.3 is 10.3 Å². The Labute approximate surface area is 199 Å². The summed E-state index contributed by atoms with van der Waals surface area (Å²) in [5.74, 6) is 0.578. The Morgan fingerprint density at radius 1 is 1.12 bits per heavy atom. The number of carbonyl (C=O) groups is 1. The highest BCUT2D eigenvalue weighted by Gasteiger charge is 2.29. The number of hydrogen-bond donors (Lipinski definition) is 2. The highest BCUT2D eigenvalue weighted by atomic mass is 32.2. The summed E-state index contributed by atoms with van der Waals surface area (Å²) in [7, 11) is 0. The first-order valence-electron chi connectivity index (χ1n) is 11.2. The van der Waals surface area contributed by atoms with Gasteiger partial charge in [-0.25, -0.2) is 9.67 Å². The van der Waals surface area contributed by atoms with Crippen molar-refractivity contribution in [1.29, 1.82) is 0 Å². The molecule has 1 atom stereocenters. The maximum Gasteiger partial charge on any atom is 0.265 e. The molecule has 2 aromatic carbocycles. The first kappa shape index (κ1) is 20.7. The highest BCUT2D eigenvalue weighted by molar-refractivity contribution is 7.99. The van der Waals surface area contributed by atoms with E-state index in [1.807, 2.05) is 54.7 Å². The zero-order valence-corrected chi connectivity index (χ0v) is 19.1. The van der Waals surface area contributed by atoms with Gasteiger partial charge in [0.2, 0.25) is 5.91 Å². The number of nitrogens with one attached hydrogen (secondary N) is 2. The van der Waals surface area contributed by atoms with Crippen LogP contribution in [0.1, 0.15) is 18.0 Å². The molecule has 0 saturated heterocycles. The van der Waals surface area contributed by atoms with E-state index in [1.54, 1.807) is 15.4 Å². The molecule has 4 heterocycles. The molecule has 170 valence electrons. The lowest BCUT2D eigenvalue weighted by Gasteiger charge is -2.13. The van der Waals surface area contributed by atoms with Crippen LogP contribution in [0.3, 0.4) is 0 Å². The molecule has 8 nitrogen and oxygen atoms in total. The second kappa shape index (κ2) is 8.49. The maximum absolute atomic E-state index is 13.3. The SMILES string of the molecule is O=C(CC1CSc2nc3c(cnn3-c3ccccc3)c(=O)n21)NCCc1c[nH]c2ccccc12. The van der Waals surface area contributed by atoms with Crippen molar-refractivity contribution in [1.82, 2.24) is 29.6 Å². The van der Waals surface area contributed by atoms with E-state index in [-0.39, 0.29) is 23.9 Å². The van der Waals surface area contributed by atoms with Crippen molar-refractivity contribution in [3.63, 3.8) is 0 Å². The van der Waals surface area contributed by atoms with Gasteiger partial charge in [0.1, 0.15) is 5.39 Å². The molecule has 2 N–H and O–H groups in total. The van der Waals surface area contributed by atoms with Gasteiger partial charge in [0.25, 0.3) is 5.56 Å². The van der Waals surface area contributed by atoms with Crippen molar-refractivity contribution >= 4 is 39.6 Å². The lowest BCUT2D eigenvalue weighted by molar-refractivity contribution is -0.121. The van der Waals surface area contributed by atoms with Crippen LogP contribution in [0.5, 0.6) is 0 Å². The molecular weight excluding hydrogens is 448 g/mol. The predicted octanol–water partition coefficient (Wildman–Crippen LogP) is 3.46. The van der Waals surface area contributed by atoms with E-state index in [0.29, 0.717) is 28.5 Å². The van der Waals surface area contributed by atoms with Crippen LogP contribution in [-0.2, 0) is 11.2 Å². The van der Waals surface area contributed by atoms with Crippen LogP contribution in [0.2, 0.25) is 0 Å². The van der Waals surface area contributed by atoms with E-state index in [2.05, 4.69) is 21.5 Å². The number of amides is 1. The number of benzene rings is 2. The molecular formula is C25H22N6O2S. The van der Waals surface area contributed by atoms with Crippen LogP contribution in [0.25, 0.3) is 27.6 Å². The summed E-state index contributed by atoms with van der Waals surface area (Å²) < 4.78 is 3.34. The average molecular weight is 471 g/mol. The standard InChI is InChI=1S/C25H22N6O2S/c32-22(26-11-10-16-13-27-21-9-5-4-8-19(16)21)12-18-15-34-25-29-23-20(24(33)30(18)25)14-28-31(23)17-6-2-1-3-7-17/h1-9,13-14,18,27H,10-12,15H2,(H,26,32). The highest BCUT2D eigenvalue weighted by Crippen LogP contribution is 2.33. The van der Waals surface area contributed by atoms with Crippen molar-refractivity contribution in [2.75, 3.05) is 12.3 Å². The Kier molecular flexibility index (Phi) is 5.18. The number of carbonyl (C=O) groups excluding carboxylic acids is 1. The van der Waals surface area contributed by atoms with Gasteiger partial charge in [0.05, 0.1) is 17.9 Å². The summed E-state index contributed by atoms with van der Waals surface area (Å²) in [5, 5.41) is 9.67. The largest absolute Gasteiger partial charge is 0.361 e. The number of hydrogen-bond acceptors (Lipinski definition) is 5. The van der Waals surface area contributed by atoms with Crippen molar-refractivity contribution in [2.45, 2.75) is 24.0 Å². The number of thioether (sulfide) groups is 1. The van der Waals surface area contributed by atoms with E-state index >= 15 is 0 Å². The number of aromatic nitrogens is 5. The van der Waals surface area contributed by atoms with E-state index in [1.165, 1.54) is 22.7 Å². The van der Waals surface area contributed by atoms with E-state index in [9.17, 15) is 9.59 Å². The molecule has 0 fully saturated rings. The van der Waals surface area contributed by atoms with Crippen LogP contribution in [-0.4, -0.2) is 42.5 Å². The quantitative estimate of drug-likeness (QED) is 0.371. The van der Waals surface area contributed by atoms with Crippen molar-refractivity contribution in [3.8, 4) is 5.69 Å². The minimum atomic E-state index is -0.224. The van der Waals surface area contributed by atoms with Gasteiger partial charge in [-0.3, -0.25) is 14.2 Å². The van der Waals surface area contributed by atoms with E-state index < -0.39 is 0 Å². The Hall–Kier alpha value is -3.85. The lowest BCUT2D eigenvalue weighted by Crippen LogP contribution is -2.31. The molecule has 34 heavy (non-hydrogen) atoms. The van der Waals surface area contributed by atoms with Crippen LogP contribution in [0.15, 0.2) is 76.9 Å². The second-order valence-electron chi connectivity index (χ2n) is 8.33. The summed E-state index contributed by atoms with van der Waals surface area (Å²) >= 11 is 1.50. The first-order valence-corrected chi connectivity index (χ1v) is 12.2. The maximum atomic E-state index is 13.3. The molecule has 1 amide bonds. The molecule has 1 unspecified atom stereocenters. The van der Waals surface area contributed by atoms with Gasteiger partial charge in [-0.1, -0.05) is 48.2 Å². The van der Waals surface area contributed by atoms with Crippen LogP contribution in [0, 0.1) is 0 Å². The van der Waals surface area contributed by atoms with Gasteiger partial charge in [-0.15, -0.1) is 0 Å². The van der Waals surface area contributed by atoms with Crippen LogP contribution in [0.4, 0.5) is 0 Å². The van der Waals surface area contributed by atoms with Crippen LogP contribution < -0.4 is 10.9 Å². The average Bonchev–Trinajstić information content (AvgIpc) is 3.58. The van der Waals surface area contributed by atoms with Crippen molar-refractivity contribution in [2.24, 2.45) is 0 Å². The number of para-hydroxylation sites is 2. The summed E-state index contributed by atoms with van der Waals surface area (Å²) in [5.41, 5.74) is 3.51. The summed E-state index contributed by atoms with van der Waals surface area (Å²) in [6, 6.07) is 17.5. The summed E-state index contributed by atoms with van der Waals surface area (Å²) in [4.78, 5) is 33.9. The van der Waals surface area contributed by atoms with Crippen LogP contribution >= 0.6 is 11.8 Å². The topological polar surface area (TPSA) is 97.6 Å². The number of fused-ring (bicyclic) bond motifs is 3. The Morgan fingerprint density at radius 3 is 2.82 bits per heavy atom. The van der Waals surface area contributed by atoms with Gasteiger partial charge in [0.15, 0.2) is 10.8 Å². The predicted molar refractivity (Wildman–Crippen MR) is 133 cm³/mol. The Morgan fingerprint density at radius 2 is 1.94 bits per heavy atom. The molecule has 1 aliphatic rings. The van der Waals surface area contributed by atoms with Crippen molar-refractivity contribution in [3.05, 3.63) is 82.9 Å². The van der Waals surface area contributed by atoms with E-state index in [0.717, 1.165) is 17.6 Å². The third-order valence-corrected chi connectivity index (χ3v) is 7.28. The van der Waals surface area contributed by atoms with E-state index in [4.69, 9.17) is 4.98 Å². The Balaban J connectivity index is 1.17. The smallest absolute Gasteiger partial charge is 0.265 e. The monoisotopic (exact) mass is 470 g/mol. The number of aromatic amines is 1. The molecule has 6 rings (SSSR count). The minimum absolute atomic E-state index is 0.0646. The van der Waals surface area contributed by atoms with Crippen molar-refractivity contribution < 1.29 is 4.79 Å². The zero-order chi connectivity index (χ0) is 23.1. The van der Waals surface area contributed by atoms with Gasteiger partial charge in [-0.05, 0) is 30.2 Å².